The van der Waals surface area contributed by atoms with Crippen LogP contribution in [0.25, 0.3) is 0 Å². The van der Waals surface area contributed by atoms with Crippen molar-refractivity contribution in [2.75, 3.05) is 6.54 Å². The molecule has 1 saturated carbocycles. The molecule has 1 amide bonds. The summed E-state index contributed by atoms with van der Waals surface area (Å²) in [5.41, 5.74) is 0. The van der Waals surface area contributed by atoms with Crippen LogP contribution in [0.2, 0.25) is 5.02 Å². The van der Waals surface area contributed by atoms with Crippen molar-refractivity contribution >= 4 is 17.5 Å². The van der Waals surface area contributed by atoms with Crippen molar-refractivity contribution in [2.45, 2.75) is 44.8 Å². The van der Waals surface area contributed by atoms with Crippen LogP contribution in [-0.2, 0) is 4.79 Å². The Morgan fingerprint density at radius 1 is 1.43 bits per heavy atom. The van der Waals surface area contributed by atoms with Gasteiger partial charge in [0.05, 0.1) is 6.10 Å². The van der Waals surface area contributed by atoms with E-state index in [4.69, 9.17) is 16.3 Å². The van der Waals surface area contributed by atoms with E-state index in [1.54, 1.807) is 31.2 Å². The molecule has 2 N–H and O–H groups in total. The molecule has 2 rings (SSSR count). The van der Waals surface area contributed by atoms with Crippen LogP contribution in [0.4, 0.5) is 0 Å². The topological polar surface area (TPSA) is 58.6 Å². The minimum absolute atomic E-state index is 0.124. The highest BCUT2D eigenvalue weighted by Gasteiger charge is 2.21. The number of rotatable bonds is 5. The van der Waals surface area contributed by atoms with Gasteiger partial charge in [-0.05, 0) is 56.7 Å². The Labute approximate surface area is 130 Å². The van der Waals surface area contributed by atoms with Crippen molar-refractivity contribution in [3.05, 3.63) is 29.3 Å². The standard InChI is InChI=1S/C16H22ClNO3/c1-11(21-15-4-2-3-13(17)9-15)16(20)18-10-12-5-7-14(19)8-6-12/h2-4,9,11-12,14,19H,5-8,10H2,1H3,(H,18,20). The van der Waals surface area contributed by atoms with Gasteiger partial charge in [-0.1, -0.05) is 17.7 Å². The predicted molar refractivity (Wildman–Crippen MR) is 82.5 cm³/mol. The Hall–Kier alpha value is -1.26. The second-order valence-corrected chi connectivity index (χ2v) is 6.07. The Kier molecular flexibility index (Phi) is 5.88. The van der Waals surface area contributed by atoms with E-state index in [1.807, 2.05) is 0 Å². The van der Waals surface area contributed by atoms with Gasteiger partial charge in [0.2, 0.25) is 0 Å². The molecule has 1 unspecified atom stereocenters. The van der Waals surface area contributed by atoms with E-state index in [2.05, 4.69) is 5.32 Å². The van der Waals surface area contributed by atoms with E-state index in [0.717, 1.165) is 25.7 Å². The molecule has 1 aliphatic carbocycles. The highest BCUT2D eigenvalue weighted by molar-refractivity contribution is 6.30. The molecule has 116 valence electrons. The molecular formula is C16H22ClNO3. The van der Waals surface area contributed by atoms with Crippen LogP contribution < -0.4 is 10.1 Å². The van der Waals surface area contributed by atoms with Gasteiger partial charge < -0.3 is 15.2 Å². The molecule has 0 heterocycles. The minimum atomic E-state index is -0.558. The summed E-state index contributed by atoms with van der Waals surface area (Å²) in [4.78, 5) is 12.0. The van der Waals surface area contributed by atoms with Gasteiger partial charge in [-0.25, -0.2) is 0 Å². The number of hydrogen-bond acceptors (Lipinski definition) is 3. The van der Waals surface area contributed by atoms with Gasteiger partial charge >= 0.3 is 0 Å². The van der Waals surface area contributed by atoms with Crippen molar-refractivity contribution in [3.63, 3.8) is 0 Å². The summed E-state index contributed by atoms with van der Waals surface area (Å²) >= 11 is 5.88. The summed E-state index contributed by atoms with van der Waals surface area (Å²) in [7, 11) is 0. The zero-order chi connectivity index (χ0) is 15.2. The Morgan fingerprint density at radius 2 is 2.14 bits per heavy atom. The first-order valence-corrected chi connectivity index (χ1v) is 7.80. The number of carbonyl (C=O) groups excluding carboxylic acids is 1. The molecule has 0 aromatic heterocycles. The number of hydrogen-bond donors (Lipinski definition) is 2. The number of aliphatic hydroxyl groups is 1. The molecule has 0 radical (unpaired) electrons. The smallest absolute Gasteiger partial charge is 0.260 e. The Balaban J connectivity index is 1.75. The lowest BCUT2D eigenvalue weighted by Gasteiger charge is -2.26. The van der Waals surface area contributed by atoms with Gasteiger partial charge in [0.1, 0.15) is 5.75 Å². The molecule has 0 bridgehead atoms. The molecule has 0 spiro atoms. The lowest BCUT2D eigenvalue weighted by Crippen LogP contribution is -2.39. The van der Waals surface area contributed by atoms with Gasteiger partial charge in [-0.2, -0.15) is 0 Å². The van der Waals surface area contributed by atoms with E-state index in [-0.39, 0.29) is 12.0 Å². The molecular weight excluding hydrogens is 290 g/mol. The molecule has 5 heteroatoms. The second-order valence-electron chi connectivity index (χ2n) is 5.64. The maximum Gasteiger partial charge on any atom is 0.260 e. The van der Waals surface area contributed by atoms with Crippen molar-refractivity contribution in [3.8, 4) is 5.75 Å². The van der Waals surface area contributed by atoms with Gasteiger partial charge in [0.15, 0.2) is 6.10 Å². The van der Waals surface area contributed by atoms with Gasteiger partial charge in [0.25, 0.3) is 5.91 Å². The van der Waals surface area contributed by atoms with Crippen molar-refractivity contribution < 1.29 is 14.6 Å². The number of nitrogens with one attached hydrogen (secondary N) is 1. The number of amides is 1. The number of halogens is 1. The highest BCUT2D eigenvalue weighted by atomic mass is 35.5. The maximum absolute atomic E-state index is 12.0. The first-order valence-electron chi connectivity index (χ1n) is 7.42. The molecule has 1 fully saturated rings. The van der Waals surface area contributed by atoms with E-state index in [9.17, 15) is 9.90 Å². The van der Waals surface area contributed by atoms with Crippen LogP contribution in [0.3, 0.4) is 0 Å². The monoisotopic (exact) mass is 311 g/mol. The van der Waals surface area contributed by atoms with Crippen molar-refractivity contribution in [1.82, 2.24) is 5.32 Å². The van der Waals surface area contributed by atoms with E-state index in [0.29, 0.717) is 23.2 Å². The molecule has 21 heavy (non-hydrogen) atoms. The predicted octanol–water partition coefficient (Wildman–Crippen LogP) is 2.77. The molecule has 1 aromatic rings. The largest absolute Gasteiger partial charge is 0.481 e. The minimum Gasteiger partial charge on any atom is -0.481 e. The van der Waals surface area contributed by atoms with E-state index in [1.165, 1.54) is 0 Å². The van der Waals surface area contributed by atoms with E-state index < -0.39 is 6.10 Å². The molecule has 4 nitrogen and oxygen atoms in total. The van der Waals surface area contributed by atoms with Gasteiger partial charge in [0, 0.05) is 11.6 Å². The van der Waals surface area contributed by atoms with Crippen LogP contribution in [0.1, 0.15) is 32.6 Å². The molecule has 1 atom stereocenters. The normalized spacial score (nSPS) is 23.4. The zero-order valence-corrected chi connectivity index (χ0v) is 13.0. The van der Waals surface area contributed by atoms with Gasteiger partial charge in [-0.15, -0.1) is 0 Å². The van der Waals surface area contributed by atoms with Crippen LogP contribution in [0, 0.1) is 5.92 Å². The summed E-state index contributed by atoms with van der Waals surface area (Å²) in [6.45, 7) is 2.37. The fourth-order valence-electron chi connectivity index (χ4n) is 2.54. The first-order chi connectivity index (χ1) is 10.0. The molecule has 0 aliphatic heterocycles. The summed E-state index contributed by atoms with van der Waals surface area (Å²) in [5, 5.41) is 13.0. The fraction of sp³-hybridized carbons (Fsp3) is 0.562. The fourth-order valence-corrected chi connectivity index (χ4v) is 2.72. The van der Waals surface area contributed by atoms with Crippen LogP contribution >= 0.6 is 11.6 Å². The lowest BCUT2D eigenvalue weighted by atomic mass is 9.87. The second kappa shape index (κ2) is 7.66. The zero-order valence-electron chi connectivity index (χ0n) is 12.2. The summed E-state index contributed by atoms with van der Waals surface area (Å²) in [6.07, 6.45) is 2.86. The van der Waals surface area contributed by atoms with Crippen LogP contribution in [0.15, 0.2) is 24.3 Å². The van der Waals surface area contributed by atoms with Crippen molar-refractivity contribution in [2.24, 2.45) is 5.92 Å². The first kappa shape index (κ1) is 16.1. The number of aliphatic hydroxyl groups excluding tert-OH is 1. The third kappa shape index (κ3) is 5.21. The summed E-state index contributed by atoms with van der Waals surface area (Å²) in [5.74, 6) is 0.919. The van der Waals surface area contributed by atoms with Crippen LogP contribution in [-0.4, -0.2) is 29.8 Å². The maximum atomic E-state index is 12.0. The number of ether oxygens (including phenoxy) is 1. The average Bonchev–Trinajstić information content (AvgIpc) is 2.46. The Morgan fingerprint density at radius 3 is 2.81 bits per heavy atom. The van der Waals surface area contributed by atoms with Gasteiger partial charge in [-0.3, -0.25) is 4.79 Å². The van der Waals surface area contributed by atoms with Crippen LogP contribution in [0.5, 0.6) is 5.75 Å². The third-order valence-corrected chi connectivity index (χ3v) is 4.09. The quantitative estimate of drug-likeness (QED) is 0.879. The summed E-state index contributed by atoms with van der Waals surface area (Å²) < 4.78 is 5.58. The molecule has 1 aliphatic rings. The van der Waals surface area contributed by atoms with E-state index >= 15 is 0 Å². The number of carbonyl (C=O) groups is 1. The molecule has 0 saturated heterocycles. The Bertz CT molecular complexity index is 472. The average molecular weight is 312 g/mol. The van der Waals surface area contributed by atoms with Crippen molar-refractivity contribution in [1.29, 1.82) is 0 Å². The number of benzene rings is 1. The SMILES string of the molecule is CC(Oc1cccc(Cl)c1)C(=O)NCC1CCC(O)CC1. The highest BCUT2D eigenvalue weighted by Crippen LogP contribution is 2.23. The summed E-state index contributed by atoms with van der Waals surface area (Å²) in [6, 6.07) is 7.01. The third-order valence-electron chi connectivity index (χ3n) is 3.86. The lowest BCUT2D eigenvalue weighted by molar-refractivity contribution is -0.127. The molecule has 1 aromatic carbocycles.